The highest BCUT2D eigenvalue weighted by Crippen LogP contribution is 2.33. The largest absolute Gasteiger partial charge is 0.490 e. The van der Waals surface area contributed by atoms with Crippen LogP contribution in [0, 0.1) is 6.92 Å². The molecule has 0 amide bonds. The van der Waals surface area contributed by atoms with Gasteiger partial charge in [-0.3, -0.25) is 9.88 Å². The van der Waals surface area contributed by atoms with Crippen LogP contribution in [0.25, 0.3) is 0 Å². The fourth-order valence-electron chi connectivity index (χ4n) is 3.78. The minimum Gasteiger partial charge on any atom is -0.475 e. The molecule has 3 atom stereocenters. The summed E-state index contributed by atoms with van der Waals surface area (Å²) in [4.78, 5) is 29.2. The number of fused-ring (bicyclic) bond motifs is 1. The highest BCUT2D eigenvalue weighted by atomic mass is 19.4. The van der Waals surface area contributed by atoms with E-state index in [4.69, 9.17) is 29.3 Å². The number of nitrogens with zero attached hydrogens (tertiary/aromatic N) is 3. The maximum absolute atomic E-state index is 10.6. The monoisotopic (exact) mass is 553 g/mol. The summed E-state index contributed by atoms with van der Waals surface area (Å²) in [6, 6.07) is 12.4. The number of aryl methyl sites for hydroxylation is 1. The van der Waals surface area contributed by atoms with Gasteiger partial charge in [0.1, 0.15) is 12.2 Å². The van der Waals surface area contributed by atoms with Gasteiger partial charge in [0.15, 0.2) is 0 Å². The molecule has 0 spiro atoms. The van der Waals surface area contributed by atoms with Crippen molar-refractivity contribution in [3.63, 3.8) is 0 Å². The zero-order chi connectivity index (χ0) is 28.5. The normalized spacial score (nSPS) is 21.2. The molecule has 2 aliphatic rings. The van der Waals surface area contributed by atoms with Gasteiger partial charge in [-0.25, -0.2) is 14.6 Å². The number of aromatic nitrogens is 2. The highest BCUT2D eigenvalue weighted by molar-refractivity contribution is 5.73. The van der Waals surface area contributed by atoms with Crippen LogP contribution in [-0.2, 0) is 20.9 Å². The van der Waals surface area contributed by atoms with E-state index in [1.165, 1.54) is 0 Å². The molecule has 0 radical (unpaired) electrons. The molecule has 38 heavy (non-hydrogen) atoms. The standard InChI is InChI=1S/C19H23N3O2.2C2HF3O2/c1-14-5-4-6-15(21-14)13-22-11-12-23-19-16(22)8-9-17(19)24-18-7-2-3-10-20-18;2*3-2(4,5)1(6)7/h2-7,10,16-17,19H,8-9,11-13H2,1H3;2*(H,6,7)/t16-,17-,19+;;/m0../s1. The third kappa shape index (κ3) is 9.78. The predicted octanol–water partition coefficient (Wildman–Crippen LogP) is 3.86. The van der Waals surface area contributed by atoms with E-state index in [-0.39, 0.29) is 12.2 Å². The molecule has 15 heteroatoms. The Bertz CT molecular complexity index is 1030. The van der Waals surface area contributed by atoms with E-state index in [1.807, 2.05) is 31.2 Å². The molecular formula is C23H25F6N3O6. The molecule has 4 rings (SSSR count). The van der Waals surface area contributed by atoms with Crippen LogP contribution >= 0.6 is 0 Å². The van der Waals surface area contributed by atoms with Crippen molar-refractivity contribution in [2.45, 2.75) is 56.9 Å². The lowest BCUT2D eigenvalue weighted by molar-refractivity contribution is -0.193. The molecular weight excluding hydrogens is 528 g/mol. The van der Waals surface area contributed by atoms with Crippen molar-refractivity contribution in [1.29, 1.82) is 0 Å². The third-order valence-electron chi connectivity index (χ3n) is 5.36. The number of morpholine rings is 1. The molecule has 9 nitrogen and oxygen atoms in total. The van der Waals surface area contributed by atoms with E-state index in [1.54, 1.807) is 6.20 Å². The van der Waals surface area contributed by atoms with Crippen LogP contribution in [0.2, 0.25) is 0 Å². The summed E-state index contributed by atoms with van der Waals surface area (Å²) in [5, 5.41) is 14.2. The molecule has 1 aliphatic heterocycles. The van der Waals surface area contributed by atoms with Crippen LogP contribution in [-0.4, -0.2) is 80.8 Å². The third-order valence-corrected chi connectivity index (χ3v) is 5.36. The quantitative estimate of drug-likeness (QED) is 0.544. The number of aliphatic carboxylic acids is 2. The van der Waals surface area contributed by atoms with Crippen molar-refractivity contribution in [1.82, 2.24) is 14.9 Å². The number of hydrogen-bond donors (Lipinski definition) is 2. The molecule has 2 N–H and O–H groups in total. The number of pyridine rings is 2. The van der Waals surface area contributed by atoms with Gasteiger partial charge in [-0.15, -0.1) is 0 Å². The Kier molecular flexibility index (Phi) is 10.8. The number of halogens is 6. The minimum atomic E-state index is -5.08. The molecule has 1 aliphatic carbocycles. The number of alkyl halides is 6. The van der Waals surface area contributed by atoms with Crippen molar-refractivity contribution in [3.05, 3.63) is 54.0 Å². The first kappa shape index (κ1) is 30.8. The predicted molar refractivity (Wildman–Crippen MR) is 118 cm³/mol. The fraction of sp³-hybridized carbons (Fsp3) is 0.478. The highest BCUT2D eigenvalue weighted by Gasteiger charge is 2.44. The van der Waals surface area contributed by atoms with Crippen molar-refractivity contribution in [2.75, 3.05) is 13.2 Å². The molecule has 2 aromatic heterocycles. The number of rotatable bonds is 4. The SMILES string of the molecule is Cc1cccc(CN2CCO[C@H]3[C@@H](Oc4ccccn4)CC[C@@H]32)n1.O=C(O)C(F)(F)F.O=C(O)C(F)(F)F. The first-order valence-electron chi connectivity index (χ1n) is 11.1. The van der Waals surface area contributed by atoms with Gasteiger partial charge in [0, 0.05) is 37.1 Å². The molecule has 1 saturated carbocycles. The van der Waals surface area contributed by atoms with E-state index in [2.05, 4.69) is 27.0 Å². The summed E-state index contributed by atoms with van der Waals surface area (Å²) in [5.41, 5.74) is 2.20. The second-order valence-corrected chi connectivity index (χ2v) is 8.15. The van der Waals surface area contributed by atoms with Gasteiger partial charge >= 0.3 is 24.3 Å². The van der Waals surface area contributed by atoms with E-state index in [0.717, 1.165) is 43.9 Å². The first-order valence-corrected chi connectivity index (χ1v) is 11.1. The van der Waals surface area contributed by atoms with Crippen LogP contribution in [0.5, 0.6) is 5.88 Å². The van der Waals surface area contributed by atoms with E-state index >= 15 is 0 Å². The molecule has 1 saturated heterocycles. The van der Waals surface area contributed by atoms with Crippen LogP contribution < -0.4 is 4.74 Å². The number of carboxylic acids is 2. The van der Waals surface area contributed by atoms with Gasteiger partial charge in [-0.05, 0) is 38.0 Å². The van der Waals surface area contributed by atoms with E-state index < -0.39 is 24.3 Å². The average molecular weight is 553 g/mol. The molecule has 210 valence electrons. The summed E-state index contributed by atoms with van der Waals surface area (Å²) in [7, 11) is 0. The van der Waals surface area contributed by atoms with Crippen molar-refractivity contribution < 1.29 is 55.6 Å². The van der Waals surface area contributed by atoms with Crippen LogP contribution in [0.3, 0.4) is 0 Å². The Labute approximate surface area is 213 Å². The maximum atomic E-state index is 10.6. The van der Waals surface area contributed by atoms with Crippen LogP contribution in [0.1, 0.15) is 24.2 Å². The van der Waals surface area contributed by atoms with Crippen LogP contribution in [0.4, 0.5) is 26.3 Å². The lowest BCUT2D eigenvalue weighted by Crippen LogP contribution is -2.51. The Balaban J connectivity index is 0.000000301. The van der Waals surface area contributed by atoms with E-state index in [0.29, 0.717) is 11.9 Å². The summed E-state index contributed by atoms with van der Waals surface area (Å²) in [6.07, 6.45) is -6.11. The van der Waals surface area contributed by atoms with Gasteiger partial charge in [0.05, 0.1) is 12.3 Å². The topological polar surface area (TPSA) is 122 Å². The Morgan fingerprint density at radius 2 is 1.66 bits per heavy atom. The minimum absolute atomic E-state index is 0.0816. The fourth-order valence-corrected chi connectivity index (χ4v) is 3.78. The Morgan fingerprint density at radius 3 is 2.18 bits per heavy atom. The molecule has 0 unspecified atom stereocenters. The molecule has 0 bridgehead atoms. The maximum Gasteiger partial charge on any atom is 0.490 e. The van der Waals surface area contributed by atoms with Crippen molar-refractivity contribution in [2.24, 2.45) is 0 Å². The zero-order valence-corrected chi connectivity index (χ0v) is 19.9. The lowest BCUT2D eigenvalue weighted by atomic mass is 10.1. The van der Waals surface area contributed by atoms with Crippen molar-refractivity contribution in [3.8, 4) is 5.88 Å². The Morgan fingerprint density at radius 1 is 1.03 bits per heavy atom. The van der Waals surface area contributed by atoms with Gasteiger partial charge in [-0.1, -0.05) is 12.1 Å². The summed E-state index contributed by atoms with van der Waals surface area (Å²) < 4.78 is 75.6. The number of hydrogen-bond acceptors (Lipinski definition) is 7. The van der Waals surface area contributed by atoms with E-state index in [9.17, 15) is 26.3 Å². The molecule has 2 fully saturated rings. The molecule has 2 aromatic rings. The first-order chi connectivity index (χ1) is 17.7. The molecule has 0 aromatic carbocycles. The molecule has 3 heterocycles. The second kappa shape index (κ2) is 13.4. The number of ether oxygens (including phenoxy) is 2. The number of carbonyl (C=O) groups is 2. The van der Waals surface area contributed by atoms with Gasteiger partial charge in [0.2, 0.25) is 5.88 Å². The van der Waals surface area contributed by atoms with Gasteiger partial charge in [-0.2, -0.15) is 26.3 Å². The van der Waals surface area contributed by atoms with Crippen LogP contribution in [0.15, 0.2) is 42.6 Å². The summed E-state index contributed by atoms with van der Waals surface area (Å²) in [5.74, 6) is -4.83. The van der Waals surface area contributed by atoms with Crippen molar-refractivity contribution >= 4 is 11.9 Å². The van der Waals surface area contributed by atoms with Gasteiger partial charge < -0.3 is 19.7 Å². The Hall–Kier alpha value is -3.46. The van der Waals surface area contributed by atoms with Gasteiger partial charge in [0.25, 0.3) is 0 Å². The second-order valence-electron chi connectivity index (χ2n) is 8.15. The lowest BCUT2D eigenvalue weighted by Gasteiger charge is -2.38. The number of carboxylic acid groups (broad SMARTS) is 2. The summed E-state index contributed by atoms with van der Waals surface area (Å²) >= 11 is 0. The average Bonchev–Trinajstić information content (AvgIpc) is 3.23. The summed E-state index contributed by atoms with van der Waals surface area (Å²) in [6.45, 7) is 4.61. The zero-order valence-electron chi connectivity index (χ0n) is 19.9. The smallest absolute Gasteiger partial charge is 0.475 e.